The number of rotatable bonds is 10. The van der Waals surface area contributed by atoms with Crippen LogP contribution in [0.25, 0.3) is 5.65 Å². The summed E-state index contributed by atoms with van der Waals surface area (Å²) in [5.74, 6) is 0.583. The van der Waals surface area contributed by atoms with Crippen molar-refractivity contribution < 1.29 is 32.6 Å². The van der Waals surface area contributed by atoms with E-state index in [-0.39, 0.29) is 35.5 Å². The number of hydrogen-bond acceptors (Lipinski definition) is 10. The predicted octanol–water partition coefficient (Wildman–Crippen LogP) is 4.39. The number of ether oxygens (including phenoxy) is 3. The highest BCUT2D eigenvalue weighted by Gasteiger charge is 2.40. The van der Waals surface area contributed by atoms with Gasteiger partial charge in [0.2, 0.25) is 0 Å². The first-order valence-corrected chi connectivity index (χ1v) is 17.7. The van der Waals surface area contributed by atoms with E-state index in [1.165, 1.54) is 16.9 Å². The molecule has 0 aromatic carbocycles. The molecule has 4 aliphatic rings. The molecule has 0 aliphatic carbocycles. The van der Waals surface area contributed by atoms with E-state index in [0.717, 1.165) is 64.1 Å². The van der Waals surface area contributed by atoms with Crippen molar-refractivity contribution in [3.63, 3.8) is 0 Å². The van der Waals surface area contributed by atoms with Gasteiger partial charge in [0.1, 0.15) is 17.0 Å². The molecule has 0 unspecified atom stereocenters. The van der Waals surface area contributed by atoms with Crippen molar-refractivity contribution in [2.24, 2.45) is 5.92 Å². The van der Waals surface area contributed by atoms with Gasteiger partial charge in [-0.25, -0.2) is 23.1 Å². The van der Waals surface area contributed by atoms with E-state index in [1.54, 1.807) is 15.8 Å². The molecule has 4 aliphatic heterocycles. The Kier molecular flexibility index (Phi) is 9.94. The van der Waals surface area contributed by atoms with Gasteiger partial charge in [-0.1, -0.05) is 0 Å². The molecule has 2 amide bonds. The second-order valence-corrected chi connectivity index (χ2v) is 14.8. The number of anilines is 2. The number of piperidine rings is 2. The molecule has 50 heavy (non-hydrogen) atoms. The third kappa shape index (κ3) is 7.71. The Labute approximate surface area is 290 Å². The Hall–Kier alpha value is -3.89. The minimum Gasteiger partial charge on any atom is -0.444 e. The van der Waals surface area contributed by atoms with E-state index < -0.39 is 23.6 Å². The molecule has 2 bridgehead atoms. The molecule has 0 radical (unpaired) electrons. The number of carbonyl (C=O) groups is 2. The van der Waals surface area contributed by atoms with Gasteiger partial charge in [-0.3, -0.25) is 9.48 Å². The molecule has 272 valence electrons. The summed E-state index contributed by atoms with van der Waals surface area (Å²) in [4.78, 5) is 36.7. The van der Waals surface area contributed by atoms with Crippen LogP contribution in [0.4, 0.5) is 25.1 Å². The fourth-order valence-corrected chi connectivity index (χ4v) is 7.36. The summed E-state index contributed by atoms with van der Waals surface area (Å²) in [6.07, 6.45) is 5.98. The number of hydrogen-bond donors (Lipinski definition) is 1. The first-order valence-electron chi connectivity index (χ1n) is 17.7. The van der Waals surface area contributed by atoms with Gasteiger partial charge in [0.05, 0.1) is 43.3 Å². The lowest BCUT2D eigenvalue weighted by Crippen LogP contribution is -2.42. The van der Waals surface area contributed by atoms with E-state index in [4.69, 9.17) is 19.2 Å². The van der Waals surface area contributed by atoms with Gasteiger partial charge < -0.3 is 34.2 Å². The number of nitrogens with one attached hydrogen (secondary N) is 1. The summed E-state index contributed by atoms with van der Waals surface area (Å²) in [5, 5.41) is 11.2. The number of amides is 2. The predicted molar refractivity (Wildman–Crippen MR) is 180 cm³/mol. The van der Waals surface area contributed by atoms with E-state index >= 15 is 0 Å². The van der Waals surface area contributed by atoms with E-state index in [2.05, 4.69) is 25.3 Å². The minimum absolute atomic E-state index is 0.0118. The van der Waals surface area contributed by atoms with Crippen molar-refractivity contribution in [2.75, 3.05) is 69.3 Å². The van der Waals surface area contributed by atoms with Crippen LogP contribution in [0.2, 0.25) is 0 Å². The zero-order valence-corrected chi connectivity index (χ0v) is 29.0. The number of aromatic nitrogens is 5. The van der Waals surface area contributed by atoms with Gasteiger partial charge in [-0.2, -0.15) is 10.2 Å². The lowest BCUT2D eigenvalue weighted by molar-refractivity contribution is 0.00985. The maximum Gasteiger partial charge on any atom is 0.410 e. The van der Waals surface area contributed by atoms with Crippen molar-refractivity contribution >= 4 is 29.2 Å². The summed E-state index contributed by atoms with van der Waals surface area (Å²) < 4.78 is 48.5. The minimum atomic E-state index is -2.85. The van der Waals surface area contributed by atoms with Crippen molar-refractivity contribution in [1.82, 2.24) is 34.2 Å². The zero-order valence-electron chi connectivity index (χ0n) is 29.0. The molecule has 7 heterocycles. The highest BCUT2D eigenvalue weighted by molar-refractivity contribution is 6.08. The standard InChI is InChI=1S/C34H47F2N9O5/c1-34(2,3)50-33(47)42-11-4-22(5-12-42)20-48-15-14-41-9-6-23(7-10-41)45-19-27(29(40-45)30(35)36)38-32(46)26-17-37-44-13-8-28(39-31(26)44)43-18-25-16-24(43)21-49-25/h8,13,17,19,22-25,30H,4-7,9-12,14-16,18,20-21H2,1-3H3,(H,38,46)/t24-,25-/m1/s1. The molecule has 3 aromatic rings. The third-order valence-electron chi connectivity index (χ3n) is 10.1. The summed E-state index contributed by atoms with van der Waals surface area (Å²) in [7, 11) is 0. The lowest BCUT2D eigenvalue weighted by Gasteiger charge is -2.34. The first-order chi connectivity index (χ1) is 24.0. The van der Waals surface area contributed by atoms with Gasteiger partial charge in [-0.15, -0.1) is 0 Å². The maximum atomic E-state index is 14.1. The largest absolute Gasteiger partial charge is 0.444 e. The Morgan fingerprint density at radius 2 is 1.88 bits per heavy atom. The average molecular weight is 700 g/mol. The summed E-state index contributed by atoms with van der Waals surface area (Å²) in [5.41, 5.74) is -0.410. The molecule has 1 N–H and O–H groups in total. The normalized spacial score (nSPS) is 22.3. The number of carbonyl (C=O) groups excluding carboxylic acids is 2. The molecule has 16 heteroatoms. The van der Waals surface area contributed by atoms with Crippen LogP contribution in [-0.2, 0) is 14.2 Å². The molecular weight excluding hydrogens is 652 g/mol. The van der Waals surface area contributed by atoms with Crippen LogP contribution in [0.5, 0.6) is 0 Å². The molecule has 7 rings (SSSR count). The summed E-state index contributed by atoms with van der Waals surface area (Å²) in [6, 6.07) is 2.05. The fourth-order valence-electron chi connectivity index (χ4n) is 7.36. The first kappa shape index (κ1) is 34.6. The molecule has 14 nitrogen and oxygen atoms in total. The van der Waals surface area contributed by atoms with Crippen molar-refractivity contribution in [3.05, 3.63) is 35.9 Å². The number of fused-ring (bicyclic) bond motifs is 3. The SMILES string of the molecule is CC(C)(C)OC(=O)N1CCC(COCCN2CCC(n3cc(NC(=O)c4cnn5ccc(N6C[C@H]7C[C@@H]6CO7)nc45)c(C(F)F)n3)CC2)CC1. The van der Waals surface area contributed by atoms with Crippen molar-refractivity contribution in [3.8, 4) is 0 Å². The highest BCUT2D eigenvalue weighted by Crippen LogP contribution is 2.33. The Balaban J connectivity index is 0.882. The Bertz CT molecular complexity index is 1660. The number of likely N-dealkylation sites (tertiary alicyclic amines) is 2. The van der Waals surface area contributed by atoms with E-state index in [1.807, 2.05) is 26.8 Å². The van der Waals surface area contributed by atoms with Gasteiger partial charge in [0.25, 0.3) is 12.3 Å². The molecule has 0 saturated carbocycles. The average Bonchev–Trinajstić information content (AvgIpc) is 3.90. The van der Waals surface area contributed by atoms with Crippen LogP contribution >= 0.6 is 0 Å². The Morgan fingerprint density at radius 1 is 1.10 bits per heavy atom. The second kappa shape index (κ2) is 14.4. The van der Waals surface area contributed by atoms with Gasteiger partial charge >= 0.3 is 6.09 Å². The zero-order chi connectivity index (χ0) is 35.0. The smallest absolute Gasteiger partial charge is 0.410 e. The van der Waals surface area contributed by atoms with Gasteiger partial charge in [0, 0.05) is 58.3 Å². The van der Waals surface area contributed by atoms with Crippen LogP contribution in [0.15, 0.2) is 24.7 Å². The van der Waals surface area contributed by atoms with Gasteiger partial charge in [0.15, 0.2) is 11.3 Å². The number of nitrogens with zero attached hydrogens (tertiary/aromatic N) is 8. The number of halogens is 2. The topological polar surface area (TPSA) is 132 Å². The van der Waals surface area contributed by atoms with Crippen LogP contribution < -0.4 is 10.2 Å². The molecule has 0 spiro atoms. The summed E-state index contributed by atoms with van der Waals surface area (Å²) >= 11 is 0. The third-order valence-corrected chi connectivity index (χ3v) is 10.1. The van der Waals surface area contributed by atoms with Crippen LogP contribution in [-0.4, -0.2) is 123 Å². The van der Waals surface area contributed by atoms with Crippen LogP contribution in [0.1, 0.15) is 81.4 Å². The maximum absolute atomic E-state index is 14.1. The number of alkyl halides is 2. The van der Waals surface area contributed by atoms with Crippen LogP contribution in [0.3, 0.4) is 0 Å². The van der Waals surface area contributed by atoms with E-state index in [9.17, 15) is 18.4 Å². The molecule has 4 saturated heterocycles. The second-order valence-electron chi connectivity index (χ2n) is 14.8. The molecule has 4 fully saturated rings. The summed E-state index contributed by atoms with van der Waals surface area (Å²) in [6.45, 7) is 12.0. The number of morpholine rings is 1. The van der Waals surface area contributed by atoms with Crippen LogP contribution in [0, 0.1) is 5.92 Å². The molecule has 2 atom stereocenters. The van der Waals surface area contributed by atoms with Crippen molar-refractivity contribution in [1.29, 1.82) is 0 Å². The highest BCUT2D eigenvalue weighted by atomic mass is 19.3. The quantitative estimate of drug-likeness (QED) is 0.304. The Morgan fingerprint density at radius 3 is 2.56 bits per heavy atom. The monoisotopic (exact) mass is 699 g/mol. The van der Waals surface area contributed by atoms with E-state index in [0.29, 0.717) is 44.5 Å². The fraction of sp³-hybridized carbons (Fsp3) is 0.676. The molecule has 3 aromatic heterocycles. The lowest BCUT2D eigenvalue weighted by atomic mass is 9.98. The van der Waals surface area contributed by atoms with Gasteiger partial charge in [-0.05, 0) is 64.9 Å². The van der Waals surface area contributed by atoms with Crippen molar-refractivity contribution in [2.45, 2.75) is 83.1 Å². The molecular formula is C34H47F2N9O5.